The van der Waals surface area contributed by atoms with Crippen molar-refractivity contribution in [3.63, 3.8) is 0 Å². The number of hydrogen-bond acceptors (Lipinski definition) is 3. The van der Waals surface area contributed by atoms with Crippen molar-refractivity contribution in [2.24, 2.45) is 0 Å². The van der Waals surface area contributed by atoms with Crippen molar-refractivity contribution >= 4 is 15.9 Å². The molecule has 5 nitrogen and oxygen atoms in total. The minimum absolute atomic E-state index is 0.0499. The lowest BCUT2D eigenvalue weighted by Crippen LogP contribution is -2.33. The zero-order valence-corrected chi connectivity index (χ0v) is 9.02. The van der Waals surface area contributed by atoms with E-state index >= 15 is 0 Å². The van der Waals surface area contributed by atoms with Crippen molar-refractivity contribution in [3.8, 4) is 0 Å². The van der Waals surface area contributed by atoms with E-state index in [0.29, 0.717) is 6.42 Å². The first-order valence-corrected chi connectivity index (χ1v) is 5.68. The van der Waals surface area contributed by atoms with Gasteiger partial charge >= 0.3 is 0 Å². The van der Waals surface area contributed by atoms with E-state index in [9.17, 15) is 13.2 Å². The summed E-state index contributed by atoms with van der Waals surface area (Å²) in [4.78, 5) is 10.7. The molecule has 78 valence electrons. The van der Waals surface area contributed by atoms with Gasteiger partial charge < -0.3 is 5.32 Å². The van der Waals surface area contributed by atoms with Crippen LogP contribution in [-0.2, 0) is 14.8 Å². The Hall–Kier alpha value is -0.620. The number of sulfonamides is 1. The second-order valence-corrected chi connectivity index (χ2v) is 5.10. The van der Waals surface area contributed by atoms with Gasteiger partial charge in [-0.25, -0.2) is 12.7 Å². The lowest BCUT2D eigenvalue weighted by molar-refractivity contribution is -0.120. The Labute approximate surface area is 79.2 Å². The predicted octanol–water partition coefficient (Wildman–Crippen LogP) is -0.596. The lowest BCUT2D eigenvalue weighted by atomic mass is 10.4. The standard InChI is InChI=1S/C7H16N2O3S/c1-4-7(10)8-5-6-13(11,12)9(2)3/h4-6H2,1-3H3,(H,8,10). The molecule has 13 heavy (non-hydrogen) atoms. The van der Waals surface area contributed by atoms with Crippen molar-refractivity contribution in [1.29, 1.82) is 0 Å². The second-order valence-electron chi connectivity index (χ2n) is 2.80. The zero-order valence-electron chi connectivity index (χ0n) is 8.20. The Bertz CT molecular complexity index is 259. The molecular formula is C7H16N2O3S. The number of hydrogen-bond donors (Lipinski definition) is 1. The maximum Gasteiger partial charge on any atom is 0.219 e. The van der Waals surface area contributed by atoms with E-state index in [1.807, 2.05) is 0 Å². The first kappa shape index (κ1) is 12.4. The molecule has 0 heterocycles. The molecule has 0 aliphatic heterocycles. The summed E-state index contributed by atoms with van der Waals surface area (Å²) >= 11 is 0. The van der Waals surface area contributed by atoms with Gasteiger partial charge in [0.05, 0.1) is 5.75 Å². The van der Waals surface area contributed by atoms with Gasteiger partial charge in [0.25, 0.3) is 0 Å². The molecule has 0 spiro atoms. The average Bonchev–Trinajstić information content (AvgIpc) is 2.03. The average molecular weight is 208 g/mol. The lowest BCUT2D eigenvalue weighted by Gasteiger charge is -2.11. The molecule has 6 heteroatoms. The quantitative estimate of drug-likeness (QED) is 0.656. The van der Waals surface area contributed by atoms with Crippen molar-refractivity contribution in [2.45, 2.75) is 13.3 Å². The molecule has 0 aromatic carbocycles. The Morgan fingerprint density at radius 1 is 1.38 bits per heavy atom. The van der Waals surface area contributed by atoms with Gasteiger partial charge in [-0.3, -0.25) is 4.79 Å². The third-order valence-corrected chi connectivity index (χ3v) is 3.39. The van der Waals surface area contributed by atoms with E-state index < -0.39 is 10.0 Å². The Morgan fingerprint density at radius 2 is 1.92 bits per heavy atom. The van der Waals surface area contributed by atoms with Crippen molar-refractivity contribution < 1.29 is 13.2 Å². The molecule has 0 bridgehead atoms. The molecule has 0 aromatic rings. The van der Waals surface area contributed by atoms with Gasteiger partial charge in [-0.05, 0) is 0 Å². The number of rotatable bonds is 5. The second kappa shape index (κ2) is 5.18. The highest BCUT2D eigenvalue weighted by atomic mass is 32.2. The van der Waals surface area contributed by atoms with Gasteiger partial charge in [-0.1, -0.05) is 6.92 Å². The topological polar surface area (TPSA) is 66.5 Å². The maximum absolute atomic E-state index is 11.2. The fourth-order valence-electron chi connectivity index (χ4n) is 0.627. The molecule has 0 rings (SSSR count). The van der Waals surface area contributed by atoms with Crippen LogP contribution < -0.4 is 5.32 Å². The molecular weight excluding hydrogens is 192 g/mol. The van der Waals surface area contributed by atoms with E-state index in [-0.39, 0.29) is 18.2 Å². The van der Waals surface area contributed by atoms with Crippen molar-refractivity contribution in [2.75, 3.05) is 26.4 Å². The third-order valence-electron chi connectivity index (χ3n) is 1.56. The van der Waals surface area contributed by atoms with Crippen LogP contribution in [0.1, 0.15) is 13.3 Å². The summed E-state index contributed by atoms with van der Waals surface area (Å²) in [7, 11) is -0.245. The highest BCUT2D eigenvalue weighted by Gasteiger charge is 2.12. The summed E-state index contributed by atoms with van der Waals surface area (Å²) in [5.74, 6) is -0.180. The summed E-state index contributed by atoms with van der Waals surface area (Å²) < 4.78 is 23.5. The summed E-state index contributed by atoms with van der Waals surface area (Å²) in [5, 5.41) is 2.50. The van der Waals surface area contributed by atoms with Gasteiger partial charge in [0, 0.05) is 27.1 Å². The Morgan fingerprint density at radius 3 is 2.31 bits per heavy atom. The van der Waals surface area contributed by atoms with Crippen molar-refractivity contribution in [1.82, 2.24) is 9.62 Å². The molecule has 1 N–H and O–H groups in total. The molecule has 0 aliphatic carbocycles. The number of nitrogens with one attached hydrogen (secondary N) is 1. The molecule has 0 aromatic heterocycles. The number of amides is 1. The minimum Gasteiger partial charge on any atom is -0.355 e. The SMILES string of the molecule is CCC(=O)NCCS(=O)(=O)N(C)C. The van der Waals surface area contributed by atoms with Crippen LogP contribution in [0.2, 0.25) is 0 Å². The smallest absolute Gasteiger partial charge is 0.219 e. The molecule has 0 saturated heterocycles. The molecule has 0 saturated carbocycles. The van der Waals surface area contributed by atoms with Crippen LogP contribution in [0.15, 0.2) is 0 Å². The molecule has 0 atom stereocenters. The van der Waals surface area contributed by atoms with Gasteiger partial charge in [0.1, 0.15) is 0 Å². The van der Waals surface area contributed by atoms with Gasteiger partial charge in [0.15, 0.2) is 0 Å². The van der Waals surface area contributed by atoms with Crippen molar-refractivity contribution in [3.05, 3.63) is 0 Å². The van der Waals surface area contributed by atoms with E-state index in [2.05, 4.69) is 5.32 Å². The highest BCUT2D eigenvalue weighted by Crippen LogP contribution is 1.92. The van der Waals surface area contributed by atoms with Crippen LogP contribution in [0.5, 0.6) is 0 Å². The third kappa shape index (κ3) is 4.84. The fourth-order valence-corrected chi connectivity index (χ4v) is 1.35. The van der Waals surface area contributed by atoms with E-state index in [0.717, 1.165) is 4.31 Å². The summed E-state index contributed by atoms with van der Waals surface area (Å²) in [6, 6.07) is 0. The molecule has 1 amide bonds. The number of nitrogens with zero attached hydrogens (tertiary/aromatic N) is 1. The largest absolute Gasteiger partial charge is 0.355 e. The van der Waals surface area contributed by atoms with Gasteiger partial charge in [0.2, 0.25) is 15.9 Å². The van der Waals surface area contributed by atoms with E-state index in [1.165, 1.54) is 14.1 Å². The van der Waals surface area contributed by atoms with Crippen LogP contribution in [0.3, 0.4) is 0 Å². The van der Waals surface area contributed by atoms with Crippen LogP contribution >= 0.6 is 0 Å². The number of carbonyl (C=O) groups is 1. The van der Waals surface area contributed by atoms with Gasteiger partial charge in [-0.2, -0.15) is 0 Å². The van der Waals surface area contributed by atoms with Crippen LogP contribution in [0, 0.1) is 0 Å². The van der Waals surface area contributed by atoms with Crippen LogP contribution in [-0.4, -0.2) is 45.0 Å². The summed E-state index contributed by atoms with van der Waals surface area (Å²) in [6.45, 7) is 1.89. The minimum atomic E-state index is -3.18. The summed E-state index contributed by atoms with van der Waals surface area (Å²) in [6.07, 6.45) is 0.377. The normalized spacial score (nSPS) is 11.7. The van der Waals surface area contributed by atoms with E-state index in [4.69, 9.17) is 0 Å². The zero-order chi connectivity index (χ0) is 10.5. The molecule has 0 radical (unpaired) electrons. The van der Waals surface area contributed by atoms with E-state index in [1.54, 1.807) is 6.92 Å². The predicted molar refractivity (Wildman–Crippen MR) is 50.8 cm³/mol. The molecule has 0 fully saturated rings. The Balaban J connectivity index is 3.84. The first-order chi connectivity index (χ1) is 5.90. The van der Waals surface area contributed by atoms with Crippen LogP contribution in [0.25, 0.3) is 0 Å². The highest BCUT2D eigenvalue weighted by molar-refractivity contribution is 7.89. The fraction of sp³-hybridized carbons (Fsp3) is 0.857. The maximum atomic E-state index is 11.2. The summed E-state index contributed by atoms with van der Waals surface area (Å²) in [5.41, 5.74) is 0. The monoisotopic (exact) mass is 208 g/mol. The molecule has 0 aliphatic rings. The number of carbonyl (C=O) groups excluding carboxylic acids is 1. The van der Waals surface area contributed by atoms with Crippen LogP contribution in [0.4, 0.5) is 0 Å². The first-order valence-electron chi connectivity index (χ1n) is 4.07. The molecule has 0 unspecified atom stereocenters. The Kier molecular flexibility index (Phi) is 4.94. The van der Waals surface area contributed by atoms with Gasteiger partial charge in [-0.15, -0.1) is 0 Å².